The monoisotopic (exact) mass is 374 g/mol. The van der Waals surface area contributed by atoms with Crippen molar-refractivity contribution in [1.82, 2.24) is 29.6 Å². The van der Waals surface area contributed by atoms with Gasteiger partial charge in [0.2, 0.25) is 5.82 Å². The molecule has 1 aliphatic heterocycles. The standard InChI is InChI=1S/C21H22N6O/c1-15-7-5-6-11-26(15)14-19-24-23-18-13-17(10-12-27(18)19)21-22-20(25-28-21)16-8-3-2-4-9-16/h2-4,8-10,12-13,15H,5-7,11,14H2,1H3/t15-/m1/s1. The molecule has 0 saturated carbocycles. The van der Waals surface area contributed by atoms with Gasteiger partial charge in [-0.05, 0) is 38.4 Å². The van der Waals surface area contributed by atoms with E-state index in [4.69, 9.17) is 4.52 Å². The lowest BCUT2D eigenvalue weighted by molar-refractivity contribution is 0.148. The number of hydrogen-bond donors (Lipinski definition) is 0. The highest BCUT2D eigenvalue weighted by atomic mass is 16.5. The van der Waals surface area contributed by atoms with Crippen LogP contribution in [-0.4, -0.2) is 42.2 Å². The molecule has 28 heavy (non-hydrogen) atoms. The van der Waals surface area contributed by atoms with Crippen LogP contribution in [0.2, 0.25) is 0 Å². The predicted octanol–water partition coefficient (Wildman–Crippen LogP) is 3.82. The van der Waals surface area contributed by atoms with Crippen molar-refractivity contribution in [3.05, 3.63) is 54.5 Å². The second-order valence-corrected chi connectivity index (χ2v) is 7.36. The topological polar surface area (TPSA) is 72.3 Å². The van der Waals surface area contributed by atoms with E-state index in [1.807, 2.05) is 53.1 Å². The summed E-state index contributed by atoms with van der Waals surface area (Å²) < 4.78 is 7.51. The van der Waals surface area contributed by atoms with Crippen LogP contribution >= 0.6 is 0 Å². The molecule has 142 valence electrons. The van der Waals surface area contributed by atoms with Crippen molar-refractivity contribution in [2.24, 2.45) is 0 Å². The maximum atomic E-state index is 5.47. The first-order chi connectivity index (χ1) is 13.8. The Bertz CT molecular complexity index is 1090. The number of rotatable bonds is 4. The zero-order valence-corrected chi connectivity index (χ0v) is 15.8. The average Bonchev–Trinajstić information content (AvgIpc) is 3.38. The number of piperidine rings is 1. The Morgan fingerprint density at radius 1 is 1.07 bits per heavy atom. The van der Waals surface area contributed by atoms with Crippen molar-refractivity contribution < 1.29 is 4.52 Å². The summed E-state index contributed by atoms with van der Waals surface area (Å²) in [6, 6.07) is 14.3. The number of aromatic nitrogens is 5. The van der Waals surface area contributed by atoms with Crippen molar-refractivity contribution in [3.63, 3.8) is 0 Å². The third-order valence-electron chi connectivity index (χ3n) is 5.47. The van der Waals surface area contributed by atoms with E-state index < -0.39 is 0 Å². The van der Waals surface area contributed by atoms with Gasteiger partial charge >= 0.3 is 0 Å². The summed E-state index contributed by atoms with van der Waals surface area (Å²) in [6.45, 7) is 4.24. The Balaban J connectivity index is 1.41. The quantitative estimate of drug-likeness (QED) is 0.541. The Hall–Kier alpha value is -3.06. The third-order valence-corrected chi connectivity index (χ3v) is 5.47. The van der Waals surface area contributed by atoms with Crippen molar-refractivity contribution in [2.45, 2.75) is 38.8 Å². The van der Waals surface area contributed by atoms with Gasteiger partial charge in [-0.2, -0.15) is 4.98 Å². The molecule has 3 aromatic heterocycles. The molecule has 0 amide bonds. The van der Waals surface area contributed by atoms with E-state index in [0.29, 0.717) is 17.8 Å². The van der Waals surface area contributed by atoms with E-state index in [1.54, 1.807) is 0 Å². The highest BCUT2D eigenvalue weighted by Gasteiger charge is 2.20. The van der Waals surface area contributed by atoms with Crippen LogP contribution < -0.4 is 0 Å². The molecule has 4 heterocycles. The molecular weight excluding hydrogens is 352 g/mol. The number of hydrogen-bond acceptors (Lipinski definition) is 6. The highest BCUT2D eigenvalue weighted by molar-refractivity contribution is 5.62. The lowest BCUT2D eigenvalue weighted by Crippen LogP contribution is -2.37. The molecule has 4 aromatic rings. The molecule has 0 unspecified atom stereocenters. The minimum absolute atomic E-state index is 0.482. The van der Waals surface area contributed by atoms with Gasteiger partial charge in [0.25, 0.3) is 5.89 Å². The summed E-state index contributed by atoms with van der Waals surface area (Å²) in [5.41, 5.74) is 2.56. The molecule has 1 aromatic carbocycles. The number of fused-ring (bicyclic) bond motifs is 1. The van der Waals surface area contributed by atoms with Crippen LogP contribution in [0.3, 0.4) is 0 Å². The summed E-state index contributed by atoms with van der Waals surface area (Å²) in [7, 11) is 0. The van der Waals surface area contributed by atoms with Crippen molar-refractivity contribution in [2.75, 3.05) is 6.54 Å². The summed E-state index contributed by atoms with van der Waals surface area (Å²) >= 11 is 0. The lowest BCUT2D eigenvalue weighted by atomic mass is 10.0. The van der Waals surface area contributed by atoms with Gasteiger partial charge in [0.15, 0.2) is 11.5 Å². The molecule has 0 radical (unpaired) electrons. The van der Waals surface area contributed by atoms with E-state index in [9.17, 15) is 0 Å². The second-order valence-electron chi connectivity index (χ2n) is 7.36. The van der Waals surface area contributed by atoms with E-state index in [0.717, 1.165) is 35.7 Å². The molecule has 1 atom stereocenters. The number of likely N-dealkylation sites (tertiary alicyclic amines) is 1. The van der Waals surface area contributed by atoms with E-state index >= 15 is 0 Å². The van der Waals surface area contributed by atoms with Crippen LogP contribution in [0.5, 0.6) is 0 Å². The van der Waals surface area contributed by atoms with Crippen LogP contribution in [0.25, 0.3) is 28.5 Å². The first-order valence-electron chi connectivity index (χ1n) is 9.75. The fourth-order valence-corrected chi connectivity index (χ4v) is 3.80. The normalized spacial score (nSPS) is 18.0. The van der Waals surface area contributed by atoms with E-state index in [1.165, 1.54) is 19.3 Å². The van der Waals surface area contributed by atoms with Crippen LogP contribution in [0, 0.1) is 0 Å². The summed E-state index contributed by atoms with van der Waals surface area (Å²) in [6.07, 6.45) is 5.81. The maximum absolute atomic E-state index is 5.47. The first kappa shape index (κ1) is 17.1. The number of pyridine rings is 1. The Kier molecular flexibility index (Phi) is 4.37. The summed E-state index contributed by atoms with van der Waals surface area (Å²) in [4.78, 5) is 7.01. The molecule has 0 spiro atoms. The summed E-state index contributed by atoms with van der Waals surface area (Å²) in [5, 5.41) is 12.9. The van der Waals surface area contributed by atoms with Gasteiger partial charge in [0.05, 0.1) is 6.54 Å². The minimum atomic E-state index is 0.482. The SMILES string of the molecule is C[C@@H]1CCCCN1Cc1nnc2cc(-c3nc(-c4ccccc4)no3)ccn12. The van der Waals surface area contributed by atoms with Crippen molar-refractivity contribution >= 4 is 5.65 Å². The molecule has 1 fully saturated rings. The second kappa shape index (κ2) is 7.16. The predicted molar refractivity (Wildman–Crippen MR) is 105 cm³/mol. The van der Waals surface area contributed by atoms with Gasteiger partial charge in [-0.25, -0.2) is 0 Å². The fraction of sp³-hybridized carbons (Fsp3) is 0.333. The van der Waals surface area contributed by atoms with E-state index in [2.05, 4.69) is 32.2 Å². The molecule has 7 heteroatoms. The maximum Gasteiger partial charge on any atom is 0.258 e. The van der Waals surface area contributed by atoms with Crippen LogP contribution in [0.1, 0.15) is 32.0 Å². The molecule has 5 rings (SSSR count). The zero-order chi connectivity index (χ0) is 18.9. The first-order valence-corrected chi connectivity index (χ1v) is 9.75. The molecule has 0 bridgehead atoms. The molecule has 1 saturated heterocycles. The van der Waals surface area contributed by atoms with E-state index in [-0.39, 0.29) is 0 Å². The summed E-state index contributed by atoms with van der Waals surface area (Å²) in [5.74, 6) is 2.03. The molecule has 0 N–H and O–H groups in total. The number of benzene rings is 1. The van der Waals surface area contributed by atoms with Crippen molar-refractivity contribution in [1.29, 1.82) is 0 Å². The average molecular weight is 374 g/mol. The smallest absolute Gasteiger partial charge is 0.258 e. The van der Waals surface area contributed by atoms with Crippen molar-refractivity contribution in [3.8, 4) is 22.8 Å². The van der Waals surface area contributed by atoms with Gasteiger partial charge in [-0.3, -0.25) is 9.30 Å². The fourth-order valence-electron chi connectivity index (χ4n) is 3.80. The third kappa shape index (κ3) is 3.18. The Labute approximate surface area is 163 Å². The lowest BCUT2D eigenvalue weighted by Gasteiger charge is -2.32. The zero-order valence-electron chi connectivity index (χ0n) is 15.8. The van der Waals surface area contributed by atoms with Crippen LogP contribution in [-0.2, 0) is 6.54 Å². The number of nitrogens with zero attached hydrogens (tertiary/aromatic N) is 6. The Morgan fingerprint density at radius 3 is 2.82 bits per heavy atom. The van der Waals surface area contributed by atoms with Gasteiger partial charge in [0.1, 0.15) is 0 Å². The molecule has 7 nitrogen and oxygen atoms in total. The van der Waals surface area contributed by atoms with Gasteiger partial charge in [0, 0.05) is 23.4 Å². The van der Waals surface area contributed by atoms with Crippen LogP contribution in [0.4, 0.5) is 0 Å². The van der Waals surface area contributed by atoms with Gasteiger partial charge in [-0.1, -0.05) is 41.9 Å². The minimum Gasteiger partial charge on any atom is -0.334 e. The molecule has 1 aliphatic rings. The molecule has 0 aliphatic carbocycles. The Morgan fingerprint density at radius 2 is 1.96 bits per heavy atom. The highest BCUT2D eigenvalue weighted by Crippen LogP contribution is 2.24. The van der Waals surface area contributed by atoms with Gasteiger partial charge < -0.3 is 4.52 Å². The largest absolute Gasteiger partial charge is 0.334 e. The van der Waals surface area contributed by atoms with Gasteiger partial charge in [-0.15, -0.1) is 10.2 Å². The van der Waals surface area contributed by atoms with Crippen LogP contribution in [0.15, 0.2) is 53.2 Å². The molecular formula is C21H22N6O.